The second-order valence-corrected chi connectivity index (χ2v) is 5.77. The summed E-state index contributed by atoms with van der Waals surface area (Å²) >= 11 is 4.99. The maximum atomic E-state index is 5.03. The van der Waals surface area contributed by atoms with Crippen LogP contribution in [0.25, 0.3) is 0 Å². The van der Waals surface area contributed by atoms with Gasteiger partial charge in [-0.15, -0.1) is 0 Å². The van der Waals surface area contributed by atoms with Crippen molar-refractivity contribution in [1.29, 1.82) is 0 Å². The van der Waals surface area contributed by atoms with E-state index < -0.39 is 0 Å². The molecule has 0 aliphatic heterocycles. The summed E-state index contributed by atoms with van der Waals surface area (Å²) < 4.78 is 10.5. The monoisotopic (exact) mass is 341 g/mol. The van der Waals surface area contributed by atoms with Crippen LogP contribution in [0.15, 0.2) is 28.7 Å². The van der Waals surface area contributed by atoms with E-state index in [1.165, 1.54) is 17.1 Å². The maximum Gasteiger partial charge on any atom is 0.205 e. The fourth-order valence-electron chi connectivity index (χ4n) is 1.64. The van der Waals surface area contributed by atoms with Crippen molar-refractivity contribution < 1.29 is 4.74 Å². The van der Waals surface area contributed by atoms with Crippen molar-refractivity contribution in [3.63, 3.8) is 0 Å². The van der Waals surface area contributed by atoms with Gasteiger partial charge in [-0.2, -0.15) is 4.37 Å². The summed E-state index contributed by atoms with van der Waals surface area (Å²) in [6.45, 7) is 1.46. The molecule has 1 aromatic carbocycles. The molecule has 1 heterocycles. The average molecular weight is 342 g/mol. The number of hydrogen-bond acceptors (Lipinski definition) is 5. The molecule has 0 unspecified atom stereocenters. The predicted octanol–water partition coefficient (Wildman–Crippen LogP) is 3.13. The molecule has 4 nitrogen and oxygen atoms in total. The van der Waals surface area contributed by atoms with E-state index in [4.69, 9.17) is 4.74 Å². The Morgan fingerprint density at radius 1 is 1.37 bits per heavy atom. The second-order valence-electron chi connectivity index (χ2n) is 4.18. The van der Waals surface area contributed by atoms with Crippen molar-refractivity contribution in [3.05, 3.63) is 40.1 Å². The Hall–Kier alpha value is -0.980. The van der Waals surface area contributed by atoms with Gasteiger partial charge in [-0.3, -0.25) is 0 Å². The molecule has 0 fully saturated rings. The van der Waals surface area contributed by atoms with Crippen LogP contribution >= 0.6 is 27.5 Å². The molecule has 19 heavy (non-hydrogen) atoms. The van der Waals surface area contributed by atoms with E-state index in [2.05, 4.69) is 36.3 Å². The number of nitrogens with zero attached hydrogens (tertiary/aromatic N) is 3. The summed E-state index contributed by atoms with van der Waals surface area (Å²) in [6.07, 6.45) is 0.760. The minimum atomic E-state index is 0.657. The highest BCUT2D eigenvalue weighted by atomic mass is 79.9. The molecular formula is C13H16BrN3OS. The van der Waals surface area contributed by atoms with E-state index in [0.717, 1.165) is 28.4 Å². The molecule has 0 atom stereocenters. The maximum absolute atomic E-state index is 5.03. The van der Waals surface area contributed by atoms with Gasteiger partial charge >= 0.3 is 0 Å². The zero-order valence-corrected chi connectivity index (χ0v) is 13.4. The van der Waals surface area contributed by atoms with Gasteiger partial charge in [0.05, 0.1) is 6.61 Å². The molecule has 2 aromatic rings. The van der Waals surface area contributed by atoms with Crippen molar-refractivity contribution in [2.75, 3.05) is 25.7 Å². The van der Waals surface area contributed by atoms with Gasteiger partial charge in [0.2, 0.25) is 5.13 Å². The van der Waals surface area contributed by atoms with Crippen LogP contribution in [0.3, 0.4) is 0 Å². The summed E-state index contributed by atoms with van der Waals surface area (Å²) in [4.78, 5) is 6.62. The third-order valence-corrected chi connectivity index (χ3v) is 4.32. The second kappa shape index (κ2) is 6.98. The first-order valence-corrected chi connectivity index (χ1v) is 7.53. The lowest BCUT2D eigenvalue weighted by Crippen LogP contribution is -2.16. The Morgan fingerprint density at radius 3 is 2.89 bits per heavy atom. The third-order valence-electron chi connectivity index (χ3n) is 2.68. The quantitative estimate of drug-likeness (QED) is 0.809. The van der Waals surface area contributed by atoms with Gasteiger partial charge < -0.3 is 9.64 Å². The highest BCUT2D eigenvalue weighted by Crippen LogP contribution is 2.22. The number of halogens is 1. The molecule has 0 saturated heterocycles. The zero-order valence-electron chi connectivity index (χ0n) is 11.0. The lowest BCUT2D eigenvalue weighted by molar-refractivity contribution is 0.201. The van der Waals surface area contributed by atoms with Crippen LogP contribution in [0.2, 0.25) is 0 Å². The summed E-state index contributed by atoms with van der Waals surface area (Å²) in [5.41, 5.74) is 1.23. The Kier molecular flexibility index (Phi) is 5.30. The molecule has 0 aliphatic carbocycles. The number of benzene rings is 1. The van der Waals surface area contributed by atoms with E-state index in [0.29, 0.717) is 6.61 Å². The van der Waals surface area contributed by atoms with Crippen LogP contribution in [0.1, 0.15) is 11.4 Å². The van der Waals surface area contributed by atoms with E-state index in [9.17, 15) is 0 Å². The van der Waals surface area contributed by atoms with Gasteiger partial charge in [0, 0.05) is 43.1 Å². The summed E-state index contributed by atoms with van der Waals surface area (Å²) in [6, 6.07) is 8.21. The highest BCUT2D eigenvalue weighted by Gasteiger charge is 2.10. The number of methoxy groups -OCH3 is 1. The average Bonchev–Trinajstić information content (AvgIpc) is 2.88. The zero-order chi connectivity index (χ0) is 13.7. The van der Waals surface area contributed by atoms with Gasteiger partial charge in [0.25, 0.3) is 0 Å². The molecule has 0 saturated carbocycles. The first kappa shape index (κ1) is 14.4. The van der Waals surface area contributed by atoms with Crippen LogP contribution < -0.4 is 4.90 Å². The van der Waals surface area contributed by atoms with E-state index in [1.54, 1.807) is 7.11 Å². The lowest BCUT2D eigenvalue weighted by atomic mass is 10.2. The minimum absolute atomic E-state index is 0.657. The standard InChI is InChI=1S/C13H16BrN3OS/c1-17(9-10-5-3-4-6-11(10)14)13-15-12(16-19-13)7-8-18-2/h3-6H,7-9H2,1-2H3. The molecule has 0 amide bonds. The third kappa shape index (κ3) is 3.99. The summed E-state index contributed by atoms with van der Waals surface area (Å²) in [5.74, 6) is 0.848. The van der Waals surface area contributed by atoms with E-state index >= 15 is 0 Å². The van der Waals surface area contributed by atoms with Crippen molar-refractivity contribution in [2.45, 2.75) is 13.0 Å². The van der Waals surface area contributed by atoms with Crippen molar-refractivity contribution in [1.82, 2.24) is 9.36 Å². The Morgan fingerprint density at radius 2 is 2.16 bits per heavy atom. The summed E-state index contributed by atoms with van der Waals surface area (Å²) in [5, 5.41) is 0.932. The van der Waals surface area contributed by atoms with Crippen molar-refractivity contribution in [2.24, 2.45) is 0 Å². The van der Waals surface area contributed by atoms with Crippen LogP contribution in [0.4, 0.5) is 5.13 Å². The fourth-order valence-corrected chi connectivity index (χ4v) is 2.72. The number of ether oxygens (including phenoxy) is 1. The predicted molar refractivity (Wildman–Crippen MR) is 81.7 cm³/mol. The SMILES string of the molecule is COCCc1nsc(N(C)Cc2ccccc2Br)n1. The van der Waals surface area contributed by atoms with Crippen molar-refractivity contribution in [3.8, 4) is 0 Å². The first-order chi connectivity index (χ1) is 9.20. The summed E-state index contributed by atoms with van der Waals surface area (Å²) in [7, 11) is 3.71. The molecule has 6 heteroatoms. The largest absolute Gasteiger partial charge is 0.384 e. The normalized spacial score (nSPS) is 10.7. The number of aromatic nitrogens is 2. The number of anilines is 1. The van der Waals surface area contributed by atoms with Crippen LogP contribution in [-0.4, -0.2) is 30.1 Å². The first-order valence-electron chi connectivity index (χ1n) is 5.96. The Balaban J connectivity index is 2.01. The molecule has 0 spiro atoms. The van der Waals surface area contributed by atoms with Crippen molar-refractivity contribution >= 4 is 32.6 Å². The Bertz CT molecular complexity index is 532. The molecule has 102 valence electrons. The molecule has 0 radical (unpaired) electrons. The molecule has 2 rings (SSSR count). The van der Waals surface area contributed by atoms with Gasteiger partial charge in [-0.05, 0) is 11.6 Å². The number of rotatable bonds is 6. The van der Waals surface area contributed by atoms with Crippen LogP contribution in [0.5, 0.6) is 0 Å². The van der Waals surface area contributed by atoms with E-state index in [-0.39, 0.29) is 0 Å². The van der Waals surface area contributed by atoms with Gasteiger partial charge in [0.1, 0.15) is 5.82 Å². The highest BCUT2D eigenvalue weighted by molar-refractivity contribution is 9.10. The smallest absolute Gasteiger partial charge is 0.205 e. The number of hydrogen-bond donors (Lipinski definition) is 0. The topological polar surface area (TPSA) is 38.2 Å². The van der Waals surface area contributed by atoms with Gasteiger partial charge in [0.15, 0.2) is 0 Å². The van der Waals surface area contributed by atoms with E-state index in [1.807, 2.05) is 25.2 Å². The molecule has 0 aliphatic rings. The minimum Gasteiger partial charge on any atom is -0.384 e. The van der Waals surface area contributed by atoms with Crippen LogP contribution in [0, 0.1) is 0 Å². The lowest BCUT2D eigenvalue weighted by Gasteiger charge is -2.15. The molecular weight excluding hydrogens is 326 g/mol. The Labute approximate surface area is 125 Å². The van der Waals surface area contributed by atoms with Crippen LogP contribution in [-0.2, 0) is 17.7 Å². The van der Waals surface area contributed by atoms with Gasteiger partial charge in [-0.25, -0.2) is 4.98 Å². The molecule has 0 N–H and O–H groups in total. The fraction of sp³-hybridized carbons (Fsp3) is 0.385. The molecule has 0 bridgehead atoms. The molecule has 1 aromatic heterocycles. The van der Waals surface area contributed by atoms with Gasteiger partial charge in [-0.1, -0.05) is 34.1 Å².